The third kappa shape index (κ3) is 5.18. The molecule has 0 unspecified atom stereocenters. The quantitative estimate of drug-likeness (QED) is 0.903. The SMILES string of the molecule is CC(C)(CCN1CCNCC1)Oc1ccc(C(F)(F)F)cc1. The number of nitrogens with zero attached hydrogens (tertiary/aromatic N) is 1. The first kappa shape index (κ1) is 17.1. The van der Waals surface area contributed by atoms with Gasteiger partial charge in [-0.2, -0.15) is 13.2 Å². The summed E-state index contributed by atoms with van der Waals surface area (Å²) in [7, 11) is 0. The van der Waals surface area contributed by atoms with E-state index in [0.717, 1.165) is 51.3 Å². The van der Waals surface area contributed by atoms with E-state index in [2.05, 4.69) is 10.2 Å². The zero-order chi connectivity index (χ0) is 16.2. The number of rotatable bonds is 5. The summed E-state index contributed by atoms with van der Waals surface area (Å²) in [5.74, 6) is 0.471. The van der Waals surface area contributed by atoms with Gasteiger partial charge in [0.05, 0.1) is 5.56 Å². The summed E-state index contributed by atoms with van der Waals surface area (Å²) in [4.78, 5) is 2.37. The van der Waals surface area contributed by atoms with Crippen LogP contribution in [0.25, 0.3) is 0 Å². The molecule has 1 heterocycles. The van der Waals surface area contributed by atoms with E-state index in [1.54, 1.807) is 0 Å². The summed E-state index contributed by atoms with van der Waals surface area (Å²) in [5, 5.41) is 3.30. The molecule has 0 aromatic heterocycles. The molecule has 3 nitrogen and oxygen atoms in total. The van der Waals surface area contributed by atoms with Crippen molar-refractivity contribution < 1.29 is 17.9 Å². The summed E-state index contributed by atoms with van der Waals surface area (Å²) in [6.45, 7) is 8.90. The van der Waals surface area contributed by atoms with Gasteiger partial charge in [0.2, 0.25) is 0 Å². The average Bonchev–Trinajstić information content (AvgIpc) is 2.46. The standard InChI is InChI=1S/C16H23F3N2O/c1-15(2,7-10-21-11-8-20-9-12-21)22-14-5-3-13(4-6-14)16(17,18)19/h3-6,20H,7-12H2,1-2H3. The number of halogens is 3. The lowest BCUT2D eigenvalue weighted by molar-refractivity contribution is -0.137. The molecular weight excluding hydrogens is 293 g/mol. The Bertz CT molecular complexity index is 465. The fourth-order valence-corrected chi connectivity index (χ4v) is 2.44. The Labute approximate surface area is 129 Å². The molecule has 0 amide bonds. The maximum atomic E-state index is 12.5. The summed E-state index contributed by atoms with van der Waals surface area (Å²) in [6, 6.07) is 4.88. The van der Waals surface area contributed by atoms with Crippen molar-refractivity contribution in [1.29, 1.82) is 0 Å². The van der Waals surface area contributed by atoms with E-state index in [1.807, 2.05) is 13.8 Å². The molecule has 1 aliphatic heterocycles. The highest BCUT2D eigenvalue weighted by Crippen LogP contribution is 2.31. The van der Waals surface area contributed by atoms with Gasteiger partial charge in [-0.15, -0.1) is 0 Å². The molecule has 1 aromatic rings. The summed E-state index contributed by atoms with van der Waals surface area (Å²) < 4.78 is 43.4. The first-order valence-corrected chi connectivity index (χ1v) is 7.56. The molecule has 0 atom stereocenters. The first-order chi connectivity index (χ1) is 10.3. The normalized spacial score (nSPS) is 17.5. The number of piperazine rings is 1. The predicted octanol–water partition coefficient (Wildman–Crippen LogP) is 3.16. The first-order valence-electron chi connectivity index (χ1n) is 7.56. The van der Waals surface area contributed by atoms with E-state index in [-0.39, 0.29) is 0 Å². The number of nitrogens with one attached hydrogen (secondary N) is 1. The highest BCUT2D eigenvalue weighted by molar-refractivity contribution is 5.29. The van der Waals surface area contributed by atoms with Gasteiger partial charge < -0.3 is 15.0 Å². The van der Waals surface area contributed by atoms with Gasteiger partial charge in [-0.3, -0.25) is 0 Å². The van der Waals surface area contributed by atoms with Gasteiger partial charge in [0.15, 0.2) is 0 Å². The van der Waals surface area contributed by atoms with Crippen LogP contribution in [0.4, 0.5) is 13.2 Å². The van der Waals surface area contributed by atoms with Crippen LogP contribution in [0.5, 0.6) is 5.75 Å². The monoisotopic (exact) mass is 316 g/mol. The Balaban J connectivity index is 1.87. The second-order valence-electron chi connectivity index (χ2n) is 6.23. The van der Waals surface area contributed by atoms with Crippen molar-refractivity contribution in [2.75, 3.05) is 32.7 Å². The molecule has 0 aliphatic carbocycles. The van der Waals surface area contributed by atoms with E-state index >= 15 is 0 Å². The van der Waals surface area contributed by atoms with Crippen molar-refractivity contribution in [3.05, 3.63) is 29.8 Å². The van der Waals surface area contributed by atoms with Crippen LogP contribution in [0.1, 0.15) is 25.8 Å². The molecule has 1 fully saturated rings. The minimum Gasteiger partial charge on any atom is -0.488 e. The van der Waals surface area contributed by atoms with E-state index in [9.17, 15) is 13.2 Å². The Morgan fingerprint density at radius 3 is 2.23 bits per heavy atom. The Morgan fingerprint density at radius 1 is 1.09 bits per heavy atom. The van der Waals surface area contributed by atoms with Crippen LogP contribution in [0.15, 0.2) is 24.3 Å². The molecule has 0 spiro atoms. The van der Waals surface area contributed by atoms with Gasteiger partial charge in [0.25, 0.3) is 0 Å². The van der Waals surface area contributed by atoms with Crippen LogP contribution in [0.2, 0.25) is 0 Å². The van der Waals surface area contributed by atoms with Crippen LogP contribution < -0.4 is 10.1 Å². The average molecular weight is 316 g/mol. The lowest BCUT2D eigenvalue weighted by Crippen LogP contribution is -2.45. The smallest absolute Gasteiger partial charge is 0.416 e. The van der Waals surface area contributed by atoms with Crippen molar-refractivity contribution in [2.24, 2.45) is 0 Å². The molecule has 1 aromatic carbocycles. The molecule has 1 aliphatic rings. The predicted molar refractivity (Wildman–Crippen MR) is 80.1 cm³/mol. The van der Waals surface area contributed by atoms with Crippen LogP contribution in [0.3, 0.4) is 0 Å². The van der Waals surface area contributed by atoms with E-state index in [0.29, 0.717) is 5.75 Å². The summed E-state index contributed by atoms with van der Waals surface area (Å²) in [5.41, 5.74) is -1.07. The number of alkyl halides is 3. The molecule has 2 rings (SSSR count). The fraction of sp³-hybridized carbons (Fsp3) is 0.625. The van der Waals surface area contributed by atoms with Crippen molar-refractivity contribution in [2.45, 2.75) is 32.0 Å². The highest BCUT2D eigenvalue weighted by Gasteiger charge is 2.30. The number of hydrogen-bond acceptors (Lipinski definition) is 3. The second-order valence-corrected chi connectivity index (χ2v) is 6.23. The molecule has 0 radical (unpaired) electrons. The van der Waals surface area contributed by atoms with Crippen LogP contribution in [0, 0.1) is 0 Å². The molecular formula is C16H23F3N2O. The molecule has 6 heteroatoms. The Hall–Kier alpha value is -1.27. The van der Waals surface area contributed by atoms with Gasteiger partial charge in [-0.1, -0.05) is 0 Å². The topological polar surface area (TPSA) is 24.5 Å². The molecule has 0 bridgehead atoms. The van der Waals surface area contributed by atoms with Gasteiger partial charge in [0, 0.05) is 32.7 Å². The lowest BCUT2D eigenvalue weighted by Gasteiger charge is -2.32. The van der Waals surface area contributed by atoms with Gasteiger partial charge >= 0.3 is 6.18 Å². The van der Waals surface area contributed by atoms with Gasteiger partial charge in [-0.05, 0) is 44.5 Å². The fourth-order valence-electron chi connectivity index (χ4n) is 2.44. The Morgan fingerprint density at radius 2 is 1.68 bits per heavy atom. The van der Waals surface area contributed by atoms with E-state index in [1.165, 1.54) is 12.1 Å². The number of hydrogen-bond donors (Lipinski definition) is 1. The Kier molecular flexibility index (Phi) is 5.34. The van der Waals surface area contributed by atoms with Crippen molar-refractivity contribution >= 4 is 0 Å². The van der Waals surface area contributed by atoms with Gasteiger partial charge in [0.1, 0.15) is 11.4 Å². The number of ether oxygens (including phenoxy) is 1. The van der Waals surface area contributed by atoms with Gasteiger partial charge in [-0.25, -0.2) is 0 Å². The van der Waals surface area contributed by atoms with E-state index in [4.69, 9.17) is 4.74 Å². The molecule has 0 saturated carbocycles. The summed E-state index contributed by atoms with van der Waals surface area (Å²) >= 11 is 0. The zero-order valence-corrected chi connectivity index (χ0v) is 13.0. The maximum absolute atomic E-state index is 12.5. The van der Waals surface area contributed by atoms with Crippen LogP contribution >= 0.6 is 0 Å². The molecule has 124 valence electrons. The van der Waals surface area contributed by atoms with E-state index < -0.39 is 17.3 Å². The minimum absolute atomic E-state index is 0.412. The van der Waals surface area contributed by atoms with Crippen molar-refractivity contribution in [1.82, 2.24) is 10.2 Å². The van der Waals surface area contributed by atoms with Crippen molar-refractivity contribution in [3.8, 4) is 5.75 Å². The second kappa shape index (κ2) is 6.87. The molecule has 1 N–H and O–H groups in total. The summed E-state index contributed by atoms with van der Waals surface area (Å²) in [6.07, 6.45) is -3.48. The third-order valence-electron chi connectivity index (χ3n) is 3.82. The molecule has 1 saturated heterocycles. The highest BCUT2D eigenvalue weighted by atomic mass is 19.4. The minimum atomic E-state index is -4.31. The van der Waals surface area contributed by atoms with Crippen molar-refractivity contribution in [3.63, 3.8) is 0 Å². The maximum Gasteiger partial charge on any atom is 0.416 e. The molecule has 22 heavy (non-hydrogen) atoms. The largest absolute Gasteiger partial charge is 0.488 e. The third-order valence-corrected chi connectivity index (χ3v) is 3.82. The number of benzene rings is 1. The zero-order valence-electron chi connectivity index (χ0n) is 13.0. The van der Waals surface area contributed by atoms with Crippen LogP contribution in [-0.2, 0) is 6.18 Å². The lowest BCUT2D eigenvalue weighted by atomic mass is 10.0. The van der Waals surface area contributed by atoms with Crippen LogP contribution in [-0.4, -0.2) is 43.2 Å².